The van der Waals surface area contributed by atoms with Gasteiger partial charge in [0, 0.05) is 12.4 Å². The van der Waals surface area contributed by atoms with Gasteiger partial charge in [-0.15, -0.1) is 0 Å². The van der Waals surface area contributed by atoms with Gasteiger partial charge in [-0.3, -0.25) is 4.79 Å². The van der Waals surface area contributed by atoms with Gasteiger partial charge < -0.3 is 20.3 Å². The van der Waals surface area contributed by atoms with Gasteiger partial charge in [0.25, 0.3) is 5.91 Å². The SMILES string of the molecule is COCC(CBr)NC(=O)c1cccc(O)c1O. The molecule has 0 aliphatic heterocycles. The minimum Gasteiger partial charge on any atom is -0.504 e. The van der Waals surface area contributed by atoms with Crippen LogP contribution in [-0.2, 0) is 4.74 Å². The van der Waals surface area contributed by atoms with Crippen LogP contribution < -0.4 is 5.32 Å². The van der Waals surface area contributed by atoms with Gasteiger partial charge in [0.2, 0.25) is 0 Å². The van der Waals surface area contributed by atoms with Gasteiger partial charge in [0.1, 0.15) is 0 Å². The summed E-state index contributed by atoms with van der Waals surface area (Å²) in [7, 11) is 1.54. The van der Waals surface area contributed by atoms with Crippen LogP contribution in [-0.4, -0.2) is 41.2 Å². The molecule has 6 heteroatoms. The van der Waals surface area contributed by atoms with Crippen LogP contribution in [0.5, 0.6) is 11.5 Å². The maximum Gasteiger partial charge on any atom is 0.255 e. The van der Waals surface area contributed by atoms with Crippen LogP contribution in [0.4, 0.5) is 0 Å². The summed E-state index contributed by atoms with van der Waals surface area (Å²) in [6, 6.07) is 4.03. The van der Waals surface area contributed by atoms with Crippen molar-refractivity contribution in [3.63, 3.8) is 0 Å². The molecule has 0 aliphatic carbocycles. The zero-order chi connectivity index (χ0) is 12.8. The largest absolute Gasteiger partial charge is 0.504 e. The first-order valence-corrected chi connectivity index (χ1v) is 6.09. The van der Waals surface area contributed by atoms with E-state index < -0.39 is 11.7 Å². The monoisotopic (exact) mass is 303 g/mol. The molecule has 1 rings (SSSR count). The van der Waals surface area contributed by atoms with Crippen LogP contribution in [0.2, 0.25) is 0 Å². The summed E-state index contributed by atoms with van der Waals surface area (Å²) in [5.74, 6) is -1.20. The summed E-state index contributed by atoms with van der Waals surface area (Å²) < 4.78 is 4.93. The highest BCUT2D eigenvalue weighted by Gasteiger charge is 2.17. The highest BCUT2D eigenvalue weighted by molar-refractivity contribution is 9.09. The quantitative estimate of drug-likeness (QED) is 0.565. The van der Waals surface area contributed by atoms with Crippen LogP contribution in [0.3, 0.4) is 0 Å². The van der Waals surface area contributed by atoms with Crippen molar-refractivity contribution in [2.24, 2.45) is 0 Å². The Morgan fingerprint density at radius 3 is 2.82 bits per heavy atom. The van der Waals surface area contributed by atoms with Crippen molar-refractivity contribution in [1.82, 2.24) is 5.32 Å². The van der Waals surface area contributed by atoms with Crippen molar-refractivity contribution in [3.05, 3.63) is 23.8 Å². The Labute approximate surface area is 108 Å². The molecule has 0 heterocycles. The average Bonchev–Trinajstić information content (AvgIpc) is 2.31. The molecule has 0 aromatic heterocycles. The predicted octanol–water partition coefficient (Wildman–Crippen LogP) is 1.24. The molecule has 5 nitrogen and oxygen atoms in total. The van der Waals surface area contributed by atoms with E-state index in [1.54, 1.807) is 0 Å². The van der Waals surface area contributed by atoms with E-state index in [0.29, 0.717) is 11.9 Å². The normalized spacial score (nSPS) is 12.1. The zero-order valence-electron chi connectivity index (χ0n) is 9.31. The smallest absolute Gasteiger partial charge is 0.255 e. The number of amides is 1. The van der Waals surface area contributed by atoms with Crippen LogP contribution in [0, 0.1) is 0 Å². The summed E-state index contributed by atoms with van der Waals surface area (Å²) in [6.07, 6.45) is 0. The highest BCUT2D eigenvalue weighted by Crippen LogP contribution is 2.27. The number of phenols is 2. The van der Waals surface area contributed by atoms with Crippen molar-refractivity contribution in [1.29, 1.82) is 0 Å². The zero-order valence-corrected chi connectivity index (χ0v) is 10.9. The summed E-state index contributed by atoms with van der Waals surface area (Å²) in [4.78, 5) is 11.8. The third kappa shape index (κ3) is 3.61. The topological polar surface area (TPSA) is 78.8 Å². The van der Waals surface area contributed by atoms with Gasteiger partial charge in [-0.2, -0.15) is 0 Å². The Morgan fingerprint density at radius 1 is 1.53 bits per heavy atom. The first-order valence-electron chi connectivity index (χ1n) is 4.96. The molecule has 0 fully saturated rings. The van der Waals surface area contributed by atoms with Crippen molar-refractivity contribution < 1.29 is 19.7 Å². The number of aromatic hydroxyl groups is 2. The molecule has 0 spiro atoms. The third-order valence-corrected chi connectivity index (χ3v) is 2.93. The summed E-state index contributed by atoms with van der Waals surface area (Å²) in [5, 5.41) is 22.0. The van der Waals surface area contributed by atoms with E-state index in [1.807, 2.05) is 0 Å². The van der Waals surface area contributed by atoms with Crippen LogP contribution in [0.1, 0.15) is 10.4 Å². The van der Waals surface area contributed by atoms with E-state index in [-0.39, 0.29) is 17.4 Å². The van der Waals surface area contributed by atoms with E-state index in [9.17, 15) is 15.0 Å². The van der Waals surface area contributed by atoms with Gasteiger partial charge in [-0.1, -0.05) is 22.0 Å². The molecule has 1 unspecified atom stereocenters. The van der Waals surface area contributed by atoms with Gasteiger partial charge in [-0.25, -0.2) is 0 Å². The fourth-order valence-electron chi connectivity index (χ4n) is 1.30. The van der Waals surface area contributed by atoms with Gasteiger partial charge in [0.15, 0.2) is 11.5 Å². The number of carbonyl (C=O) groups excluding carboxylic acids is 1. The second kappa shape index (κ2) is 6.46. The highest BCUT2D eigenvalue weighted by atomic mass is 79.9. The Morgan fingerprint density at radius 2 is 2.24 bits per heavy atom. The number of alkyl halides is 1. The maximum atomic E-state index is 11.8. The second-order valence-corrected chi connectivity index (χ2v) is 4.10. The molecule has 0 radical (unpaired) electrons. The lowest BCUT2D eigenvalue weighted by atomic mass is 10.1. The standard InChI is InChI=1S/C11H14BrNO4/c1-17-6-7(5-12)13-11(16)8-3-2-4-9(14)10(8)15/h2-4,7,14-15H,5-6H2,1H3,(H,13,16). The number of para-hydroxylation sites is 1. The Kier molecular flexibility index (Phi) is 5.24. The fraction of sp³-hybridized carbons (Fsp3) is 0.364. The number of methoxy groups -OCH3 is 1. The molecular formula is C11H14BrNO4. The Balaban J connectivity index is 2.79. The van der Waals surface area contributed by atoms with Gasteiger partial charge >= 0.3 is 0 Å². The number of nitrogens with one attached hydrogen (secondary N) is 1. The van der Waals surface area contributed by atoms with Crippen LogP contribution in [0.15, 0.2) is 18.2 Å². The van der Waals surface area contributed by atoms with E-state index in [1.165, 1.54) is 25.3 Å². The second-order valence-electron chi connectivity index (χ2n) is 3.45. The molecule has 1 amide bonds. The fourth-order valence-corrected chi connectivity index (χ4v) is 1.65. The number of hydrogen-bond donors (Lipinski definition) is 3. The van der Waals surface area contributed by atoms with E-state index in [0.717, 1.165) is 0 Å². The van der Waals surface area contributed by atoms with Crippen LogP contribution >= 0.6 is 15.9 Å². The van der Waals surface area contributed by atoms with E-state index in [2.05, 4.69) is 21.2 Å². The lowest BCUT2D eigenvalue weighted by molar-refractivity contribution is 0.0904. The number of phenolic OH excluding ortho intramolecular Hbond substituents is 2. The third-order valence-electron chi connectivity index (χ3n) is 2.15. The number of carbonyl (C=O) groups is 1. The van der Waals surface area contributed by atoms with Crippen molar-refractivity contribution >= 4 is 21.8 Å². The Hall–Kier alpha value is -1.27. The lowest BCUT2D eigenvalue weighted by Crippen LogP contribution is -2.39. The minimum atomic E-state index is -0.458. The molecule has 1 aromatic carbocycles. The van der Waals surface area contributed by atoms with Crippen LogP contribution in [0.25, 0.3) is 0 Å². The molecule has 1 atom stereocenters. The van der Waals surface area contributed by atoms with Gasteiger partial charge in [0.05, 0.1) is 18.2 Å². The molecular weight excluding hydrogens is 290 g/mol. The Bertz CT molecular complexity index is 397. The predicted molar refractivity (Wildman–Crippen MR) is 66.7 cm³/mol. The van der Waals surface area contributed by atoms with Gasteiger partial charge in [-0.05, 0) is 12.1 Å². The lowest BCUT2D eigenvalue weighted by Gasteiger charge is -2.15. The van der Waals surface area contributed by atoms with E-state index >= 15 is 0 Å². The molecule has 17 heavy (non-hydrogen) atoms. The summed E-state index contributed by atoms with van der Waals surface area (Å²) in [5.41, 5.74) is 0.0343. The molecule has 1 aromatic rings. The average molecular weight is 304 g/mol. The number of hydrogen-bond acceptors (Lipinski definition) is 4. The van der Waals surface area contributed by atoms with E-state index in [4.69, 9.17) is 4.74 Å². The number of ether oxygens (including phenoxy) is 1. The first-order chi connectivity index (χ1) is 8.10. The van der Waals surface area contributed by atoms with Crippen molar-refractivity contribution in [2.75, 3.05) is 19.0 Å². The molecule has 3 N–H and O–H groups in total. The number of halogens is 1. The number of rotatable bonds is 5. The first kappa shape index (κ1) is 13.8. The summed E-state index contributed by atoms with van der Waals surface area (Å²) in [6.45, 7) is 0.358. The molecule has 0 aliphatic rings. The summed E-state index contributed by atoms with van der Waals surface area (Å²) >= 11 is 3.24. The molecule has 94 valence electrons. The molecule has 0 bridgehead atoms. The molecule has 0 saturated carbocycles. The maximum absolute atomic E-state index is 11.8. The minimum absolute atomic E-state index is 0.0343. The molecule has 0 saturated heterocycles. The van der Waals surface area contributed by atoms with Crippen molar-refractivity contribution in [2.45, 2.75) is 6.04 Å². The number of benzene rings is 1. The van der Waals surface area contributed by atoms with Crippen molar-refractivity contribution in [3.8, 4) is 11.5 Å².